The summed E-state index contributed by atoms with van der Waals surface area (Å²) in [5, 5.41) is 0. The van der Waals surface area contributed by atoms with E-state index in [2.05, 4.69) is 18.2 Å². The molecular formula is C35H66. The molecule has 0 aliphatic heterocycles. The van der Waals surface area contributed by atoms with Crippen molar-refractivity contribution in [2.45, 2.75) is 171 Å². The number of rotatable bonds is 6. The lowest BCUT2D eigenvalue weighted by molar-refractivity contribution is 0.350. The zero-order valence-corrected chi connectivity index (χ0v) is 25.7. The summed E-state index contributed by atoms with van der Waals surface area (Å²) in [6.07, 6.45) is 26.2. The molecule has 3 saturated carbocycles. The van der Waals surface area contributed by atoms with Crippen LogP contribution in [-0.4, -0.2) is 0 Å². The van der Waals surface area contributed by atoms with Crippen molar-refractivity contribution in [3.05, 3.63) is 34.9 Å². The number of benzene rings is 1. The van der Waals surface area contributed by atoms with Gasteiger partial charge in [0.15, 0.2) is 0 Å². The van der Waals surface area contributed by atoms with Gasteiger partial charge in [-0.05, 0) is 53.7 Å². The van der Waals surface area contributed by atoms with E-state index in [0.717, 1.165) is 17.8 Å². The van der Waals surface area contributed by atoms with Gasteiger partial charge in [-0.15, -0.1) is 0 Å². The molecule has 35 heavy (non-hydrogen) atoms. The summed E-state index contributed by atoms with van der Waals surface area (Å²) in [7, 11) is 0. The van der Waals surface area contributed by atoms with Crippen LogP contribution in [0.3, 0.4) is 0 Å². The van der Waals surface area contributed by atoms with Crippen molar-refractivity contribution in [3.63, 3.8) is 0 Å². The highest BCUT2D eigenvalue weighted by Crippen LogP contribution is 2.32. The summed E-state index contributed by atoms with van der Waals surface area (Å²) in [4.78, 5) is 0. The SMILES string of the molecule is CC.CC.CC.CC.c1c(CC2CCCCC2)cc(CC2CCCCC2)cc1CC1CCCCC1. The molecule has 0 bridgehead atoms. The maximum Gasteiger partial charge on any atom is -0.0250 e. The van der Waals surface area contributed by atoms with Crippen molar-refractivity contribution >= 4 is 0 Å². The lowest BCUT2D eigenvalue weighted by Crippen LogP contribution is -2.13. The minimum Gasteiger partial charge on any atom is -0.0683 e. The van der Waals surface area contributed by atoms with Crippen LogP contribution in [0.5, 0.6) is 0 Å². The lowest BCUT2D eigenvalue weighted by Gasteiger charge is -2.25. The molecule has 0 unspecified atom stereocenters. The van der Waals surface area contributed by atoms with Crippen molar-refractivity contribution in [2.75, 3.05) is 0 Å². The van der Waals surface area contributed by atoms with Crippen LogP contribution >= 0.6 is 0 Å². The highest BCUT2D eigenvalue weighted by atomic mass is 14.2. The van der Waals surface area contributed by atoms with Gasteiger partial charge >= 0.3 is 0 Å². The molecule has 4 rings (SSSR count). The molecule has 0 atom stereocenters. The topological polar surface area (TPSA) is 0 Å². The second kappa shape index (κ2) is 23.6. The molecule has 1 aromatic rings. The Morgan fingerprint density at radius 3 is 0.771 bits per heavy atom. The molecule has 0 heteroatoms. The average molecular weight is 487 g/mol. The second-order valence-electron chi connectivity index (χ2n) is 10.3. The van der Waals surface area contributed by atoms with E-state index in [0.29, 0.717) is 0 Å². The van der Waals surface area contributed by atoms with Crippen LogP contribution in [0.1, 0.15) is 168 Å². The van der Waals surface area contributed by atoms with Crippen LogP contribution in [-0.2, 0) is 19.3 Å². The zero-order valence-electron chi connectivity index (χ0n) is 25.7. The van der Waals surface area contributed by atoms with Crippen LogP contribution < -0.4 is 0 Å². The first kappa shape index (κ1) is 34.2. The summed E-state index contributed by atoms with van der Waals surface area (Å²) in [6, 6.07) is 7.86. The van der Waals surface area contributed by atoms with Crippen LogP contribution in [0.2, 0.25) is 0 Å². The molecule has 0 nitrogen and oxygen atoms in total. The lowest BCUT2D eigenvalue weighted by atomic mass is 9.80. The third kappa shape index (κ3) is 14.5. The zero-order chi connectivity index (χ0) is 26.3. The first-order valence-electron chi connectivity index (χ1n) is 16.5. The van der Waals surface area contributed by atoms with Crippen molar-refractivity contribution < 1.29 is 0 Å². The molecule has 3 aliphatic rings. The Bertz CT molecular complexity index is 460. The van der Waals surface area contributed by atoms with Gasteiger partial charge in [0.25, 0.3) is 0 Å². The van der Waals surface area contributed by atoms with E-state index in [4.69, 9.17) is 0 Å². The normalized spacial score (nSPS) is 18.9. The first-order chi connectivity index (χ1) is 17.3. The average Bonchev–Trinajstić information content (AvgIpc) is 2.95. The summed E-state index contributed by atoms with van der Waals surface area (Å²) in [5.41, 5.74) is 5.04. The largest absolute Gasteiger partial charge is 0.0683 e. The highest BCUT2D eigenvalue weighted by molar-refractivity contribution is 5.31. The molecule has 0 spiro atoms. The molecule has 0 heterocycles. The minimum absolute atomic E-state index is 0.964. The quantitative estimate of drug-likeness (QED) is 0.375. The Morgan fingerprint density at radius 1 is 0.371 bits per heavy atom. The molecule has 0 radical (unpaired) electrons. The molecule has 3 fully saturated rings. The van der Waals surface area contributed by atoms with Gasteiger partial charge in [-0.2, -0.15) is 0 Å². The highest BCUT2D eigenvalue weighted by Gasteiger charge is 2.19. The minimum atomic E-state index is 0.964. The van der Waals surface area contributed by atoms with Gasteiger partial charge in [0.2, 0.25) is 0 Å². The first-order valence-corrected chi connectivity index (χ1v) is 16.5. The van der Waals surface area contributed by atoms with Gasteiger partial charge in [0.05, 0.1) is 0 Å². The molecule has 0 amide bonds. The molecular weight excluding hydrogens is 420 g/mol. The van der Waals surface area contributed by atoms with E-state index < -0.39 is 0 Å². The molecule has 3 aliphatic carbocycles. The summed E-state index contributed by atoms with van der Waals surface area (Å²) in [5.74, 6) is 2.89. The van der Waals surface area contributed by atoms with Crippen LogP contribution in [0, 0.1) is 17.8 Å². The van der Waals surface area contributed by atoms with Gasteiger partial charge in [-0.25, -0.2) is 0 Å². The Hall–Kier alpha value is -0.780. The monoisotopic (exact) mass is 487 g/mol. The van der Waals surface area contributed by atoms with E-state index in [9.17, 15) is 0 Å². The van der Waals surface area contributed by atoms with Gasteiger partial charge in [0.1, 0.15) is 0 Å². The molecule has 0 aromatic heterocycles. The third-order valence-electron chi connectivity index (χ3n) is 7.86. The fraction of sp³-hybridized carbons (Fsp3) is 0.829. The van der Waals surface area contributed by atoms with E-state index in [1.165, 1.54) is 116 Å². The van der Waals surface area contributed by atoms with Crippen molar-refractivity contribution in [3.8, 4) is 0 Å². The Labute approximate surface area is 223 Å². The predicted octanol–water partition coefficient (Wildman–Crippen LogP) is 12.2. The molecule has 206 valence electrons. The smallest absolute Gasteiger partial charge is 0.0250 e. The summed E-state index contributed by atoms with van der Waals surface area (Å²) < 4.78 is 0. The maximum absolute atomic E-state index is 2.62. The second-order valence-corrected chi connectivity index (χ2v) is 10.3. The van der Waals surface area contributed by atoms with Crippen LogP contribution in [0.4, 0.5) is 0 Å². The van der Waals surface area contributed by atoms with Crippen molar-refractivity contribution in [1.29, 1.82) is 0 Å². The van der Waals surface area contributed by atoms with Crippen LogP contribution in [0.15, 0.2) is 18.2 Å². The predicted molar refractivity (Wildman–Crippen MR) is 163 cm³/mol. The fourth-order valence-corrected chi connectivity index (χ4v) is 6.37. The molecule has 1 aromatic carbocycles. The van der Waals surface area contributed by atoms with Gasteiger partial charge in [-0.1, -0.05) is 170 Å². The van der Waals surface area contributed by atoms with Crippen molar-refractivity contribution in [1.82, 2.24) is 0 Å². The van der Waals surface area contributed by atoms with E-state index in [-0.39, 0.29) is 0 Å². The summed E-state index contributed by atoms with van der Waals surface area (Å²) in [6.45, 7) is 16.0. The van der Waals surface area contributed by atoms with E-state index in [1.807, 2.05) is 55.4 Å². The van der Waals surface area contributed by atoms with Gasteiger partial charge < -0.3 is 0 Å². The Morgan fingerprint density at radius 2 is 0.571 bits per heavy atom. The fourth-order valence-electron chi connectivity index (χ4n) is 6.37. The third-order valence-corrected chi connectivity index (χ3v) is 7.86. The Balaban J connectivity index is 0.00000132. The number of hydrogen-bond donors (Lipinski definition) is 0. The molecule has 0 saturated heterocycles. The number of hydrogen-bond acceptors (Lipinski definition) is 0. The maximum atomic E-state index is 2.62. The molecule has 0 N–H and O–H groups in total. The Kier molecular flexibility index (Phi) is 23.1. The van der Waals surface area contributed by atoms with Gasteiger partial charge in [0, 0.05) is 0 Å². The van der Waals surface area contributed by atoms with Crippen molar-refractivity contribution in [2.24, 2.45) is 17.8 Å². The van der Waals surface area contributed by atoms with E-state index in [1.54, 1.807) is 16.7 Å². The van der Waals surface area contributed by atoms with E-state index >= 15 is 0 Å². The van der Waals surface area contributed by atoms with Crippen LogP contribution in [0.25, 0.3) is 0 Å². The summed E-state index contributed by atoms with van der Waals surface area (Å²) >= 11 is 0. The standard InChI is InChI=1S/C27H42.4C2H6/c1-4-10-22(11-5-1)16-25-19-26(17-23-12-6-2-7-13-23)21-27(20-25)18-24-14-8-3-9-15-24;4*1-2/h19-24H,1-18H2;4*1-2H3. The van der Waals surface area contributed by atoms with Gasteiger partial charge in [-0.3, -0.25) is 0 Å².